The molecule has 0 spiro atoms. The quantitative estimate of drug-likeness (QED) is 0.885. The number of nitrogens with zero attached hydrogens (tertiary/aromatic N) is 5. The van der Waals surface area contributed by atoms with Gasteiger partial charge in [0, 0.05) is 45.5 Å². The van der Waals surface area contributed by atoms with Crippen molar-refractivity contribution in [2.45, 2.75) is 19.4 Å². The molecule has 2 amide bonds. The molecule has 132 valence electrons. The van der Waals surface area contributed by atoms with Crippen LogP contribution in [-0.2, 0) is 11.8 Å². The molecule has 0 bridgehead atoms. The highest BCUT2D eigenvalue weighted by Crippen LogP contribution is 2.22. The van der Waals surface area contributed by atoms with Crippen LogP contribution >= 0.6 is 0 Å². The monoisotopic (exact) mass is 342 g/mol. The largest absolute Gasteiger partial charge is 0.363 e. The summed E-state index contributed by atoms with van der Waals surface area (Å²) in [5.41, 5.74) is 1.34. The van der Waals surface area contributed by atoms with Gasteiger partial charge in [-0.1, -0.05) is 0 Å². The molecular formula is C17H22N6O2. The summed E-state index contributed by atoms with van der Waals surface area (Å²) in [4.78, 5) is 32.8. The fourth-order valence-electron chi connectivity index (χ4n) is 2.94. The zero-order valence-corrected chi connectivity index (χ0v) is 14.9. The molecule has 0 aromatic carbocycles. The highest BCUT2D eigenvalue weighted by Gasteiger charge is 2.35. The highest BCUT2D eigenvalue weighted by molar-refractivity contribution is 6.03. The summed E-state index contributed by atoms with van der Waals surface area (Å²) in [5, 5.41) is 7.10. The molecule has 1 fully saturated rings. The SMILES string of the molecule is Cc1cc(N2CCC(NC(=O)c3ccnc(N(C)C)c3)C2=O)n(C)n1. The van der Waals surface area contributed by atoms with Gasteiger partial charge in [-0.05, 0) is 25.5 Å². The van der Waals surface area contributed by atoms with Gasteiger partial charge in [0.2, 0.25) is 0 Å². The third-order valence-corrected chi connectivity index (χ3v) is 4.23. The lowest BCUT2D eigenvalue weighted by molar-refractivity contribution is -0.118. The van der Waals surface area contributed by atoms with Crippen molar-refractivity contribution in [3.05, 3.63) is 35.7 Å². The number of amides is 2. The van der Waals surface area contributed by atoms with Gasteiger partial charge in [-0.2, -0.15) is 5.10 Å². The number of carbonyl (C=O) groups is 2. The summed E-state index contributed by atoms with van der Waals surface area (Å²) >= 11 is 0. The molecule has 8 nitrogen and oxygen atoms in total. The summed E-state index contributed by atoms with van der Waals surface area (Å²) in [6, 6.07) is 4.69. The molecule has 1 aliphatic heterocycles. The number of nitrogens with one attached hydrogen (secondary N) is 1. The van der Waals surface area contributed by atoms with Crippen LogP contribution in [0.25, 0.3) is 0 Å². The van der Waals surface area contributed by atoms with Crippen LogP contribution in [0.5, 0.6) is 0 Å². The average molecular weight is 342 g/mol. The first-order chi connectivity index (χ1) is 11.9. The first kappa shape index (κ1) is 16.9. The minimum Gasteiger partial charge on any atom is -0.363 e. The smallest absolute Gasteiger partial charge is 0.252 e. The topological polar surface area (TPSA) is 83.4 Å². The molecule has 0 saturated carbocycles. The van der Waals surface area contributed by atoms with E-state index in [2.05, 4.69) is 15.4 Å². The van der Waals surface area contributed by atoms with E-state index in [0.29, 0.717) is 24.3 Å². The predicted molar refractivity (Wildman–Crippen MR) is 94.7 cm³/mol. The predicted octanol–water partition coefficient (Wildman–Crippen LogP) is 0.725. The standard InChI is InChI=1S/C17H22N6O2/c1-11-9-15(22(4)20-11)23-8-6-13(17(23)25)19-16(24)12-5-7-18-14(10-12)21(2)3/h5,7,9-10,13H,6,8H2,1-4H3,(H,19,24). The molecule has 1 N–H and O–H groups in total. The molecule has 1 atom stereocenters. The number of aryl methyl sites for hydroxylation is 2. The molecule has 8 heteroatoms. The molecule has 0 aliphatic carbocycles. The second-order valence-corrected chi connectivity index (χ2v) is 6.37. The van der Waals surface area contributed by atoms with E-state index in [1.165, 1.54) is 0 Å². The number of aromatic nitrogens is 3. The Morgan fingerprint density at radius 3 is 2.76 bits per heavy atom. The maximum absolute atomic E-state index is 12.7. The third kappa shape index (κ3) is 3.33. The van der Waals surface area contributed by atoms with Crippen LogP contribution in [0.4, 0.5) is 11.6 Å². The Morgan fingerprint density at radius 2 is 2.12 bits per heavy atom. The molecule has 1 aliphatic rings. The Bertz CT molecular complexity index is 813. The first-order valence-corrected chi connectivity index (χ1v) is 8.13. The second-order valence-electron chi connectivity index (χ2n) is 6.37. The number of pyridine rings is 1. The van der Waals surface area contributed by atoms with Gasteiger partial charge >= 0.3 is 0 Å². The Kier molecular flexibility index (Phi) is 4.43. The van der Waals surface area contributed by atoms with Crippen molar-refractivity contribution >= 4 is 23.5 Å². The van der Waals surface area contributed by atoms with Gasteiger partial charge in [0.25, 0.3) is 11.8 Å². The van der Waals surface area contributed by atoms with Crippen molar-refractivity contribution in [3.63, 3.8) is 0 Å². The molecule has 2 aromatic heterocycles. The van der Waals surface area contributed by atoms with Crippen LogP contribution < -0.4 is 15.1 Å². The van der Waals surface area contributed by atoms with Crippen LogP contribution in [0.2, 0.25) is 0 Å². The molecule has 0 radical (unpaired) electrons. The molecule has 25 heavy (non-hydrogen) atoms. The van der Waals surface area contributed by atoms with Gasteiger partial charge < -0.3 is 10.2 Å². The number of hydrogen-bond acceptors (Lipinski definition) is 5. The lowest BCUT2D eigenvalue weighted by Gasteiger charge is -2.17. The summed E-state index contributed by atoms with van der Waals surface area (Å²) < 4.78 is 1.68. The first-order valence-electron chi connectivity index (χ1n) is 8.13. The number of hydrogen-bond donors (Lipinski definition) is 1. The summed E-state index contributed by atoms with van der Waals surface area (Å²) in [6.07, 6.45) is 2.16. The molecule has 1 saturated heterocycles. The van der Waals surface area contributed by atoms with Crippen molar-refractivity contribution in [1.29, 1.82) is 0 Å². The van der Waals surface area contributed by atoms with Crippen LogP contribution in [0.1, 0.15) is 22.5 Å². The van der Waals surface area contributed by atoms with Crippen molar-refractivity contribution in [2.75, 3.05) is 30.4 Å². The molecule has 3 heterocycles. The number of carbonyl (C=O) groups excluding carboxylic acids is 2. The Morgan fingerprint density at radius 1 is 1.36 bits per heavy atom. The van der Waals surface area contributed by atoms with Gasteiger partial charge in [0.1, 0.15) is 17.7 Å². The van der Waals surface area contributed by atoms with Crippen LogP contribution in [0.3, 0.4) is 0 Å². The molecule has 2 aromatic rings. The van der Waals surface area contributed by atoms with Gasteiger partial charge in [0.15, 0.2) is 0 Å². The number of anilines is 2. The van der Waals surface area contributed by atoms with E-state index in [4.69, 9.17) is 0 Å². The third-order valence-electron chi connectivity index (χ3n) is 4.23. The highest BCUT2D eigenvalue weighted by atomic mass is 16.2. The molecular weight excluding hydrogens is 320 g/mol. The van der Waals surface area contributed by atoms with E-state index in [1.807, 2.05) is 32.0 Å². The van der Waals surface area contributed by atoms with E-state index in [0.717, 1.165) is 11.5 Å². The zero-order valence-electron chi connectivity index (χ0n) is 14.9. The van der Waals surface area contributed by atoms with Gasteiger partial charge in [-0.25, -0.2) is 4.98 Å². The Hall–Kier alpha value is -2.90. The van der Waals surface area contributed by atoms with Crippen molar-refractivity contribution in [1.82, 2.24) is 20.1 Å². The maximum Gasteiger partial charge on any atom is 0.252 e. The Balaban J connectivity index is 1.72. The maximum atomic E-state index is 12.7. The van der Waals surface area contributed by atoms with E-state index >= 15 is 0 Å². The minimum atomic E-state index is -0.529. The normalized spacial score (nSPS) is 17.0. The summed E-state index contributed by atoms with van der Waals surface area (Å²) in [5.74, 6) is 1.06. The zero-order chi connectivity index (χ0) is 18.1. The van der Waals surface area contributed by atoms with Crippen molar-refractivity contribution in [2.24, 2.45) is 7.05 Å². The van der Waals surface area contributed by atoms with E-state index < -0.39 is 6.04 Å². The van der Waals surface area contributed by atoms with Crippen LogP contribution in [0, 0.1) is 6.92 Å². The van der Waals surface area contributed by atoms with E-state index in [1.54, 1.807) is 35.0 Å². The lowest BCUT2D eigenvalue weighted by Crippen LogP contribution is -2.42. The Labute approximate surface area is 146 Å². The lowest BCUT2D eigenvalue weighted by atomic mass is 10.2. The molecule has 3 rings (SSSR count). The van der Waals surface area contributed by atoms with E-state index in [-0.39, 0.29) is 11.8 Å². The van der Waals surface area contributed by atoms with Crippen molar-refractivity contribution < 1.29 is 9.59 Å². The van der Waals surface area contributed by atoms with E-state index in [9.17, 15) is 9.59 Å². The summed E-state index contributed by atoms with van der Waals surface area (Å²) in [7, 11) is 5.53. The number of rotatable bonds is 4. The second kappa shape index (κ2) is 6.54. The van der Waals surface area contributed by atoms with Gasteiger partial charge in [-0.15, -0.1) is 0 Å². The van der Waals surface area contributed by atoms with Crippen LogP contribution in [0.15, 0.2) is 24.4 Å². The van der Waals surface area contributed by atoms with Gasteiger partial charge in [0.05, 0.1) is 5.69 Å². The van der Waals surface area contributed by atoms with Crippen molar-refractivity contribution in [3.8, 4) is 0 Å². The minimum absolute atomic E-state index is 0.113. The fraction of sp³-hybridized carbons (Fsp3) is 0.412. The fourth-order valence-corrected chi connectivity index (χ4v) is 2.94. The van der Waals surface area contributed by atoms with Gasteiger partial charge in [-0.3, -0.25) is 19.2 Å². The average Bonchev–Trinajstić information content (AvgIpc) is 3.09. The summed E-state index contributed by atoms with van der Waals surface area (Å²) in [6.45, 7) is 2.44. The molecule has 1 unspecified atom stereocenters. The van der Waals surface area contributed by atoms with Crippen LogP contribution in [-0.4, -0.2) is 53.3 Å².